The Morgan fingerprint density at radius 1 is 1.21 bits per heavy atom. The molecule has 0 aliphatic heterocycles. The van der Waals surface area contributed by atoms with Gasteiger partial charge in [0.05, 0.1) is 18.6 Å². The zero-order valence-electron chi connectivity index (χ0n) is 16.1. The van der Waals surface area contributed by atoms with Crippen molar-refractivity contribution in [3.8, 4) is 0 Å². The molecule has 24 heavy (non-hydrogen) atoms. The van der Waals surface area contributed by atoms with E-state index < -0.39 is 8.32 Å². The fraction of sp³-hybridized carbons (Fsp3) is 0.632. The Bertz CT molecular complexity index is 511. The largest absolute Gasteiger partial charge is 0.466 e. The smallest absolute Gasteiger partial charge is 0.312 e. The van der Waals surface area contributed by atoms with Crippen molar-refractivity contribution >= 4 is 26.0 Å². The molecule has 0 bridgehead atoms. The van der Waals surface area contributed by atoms with Crippen molar-refractivity contribution < 1.29 is 14.0 Å². The van der Waals surface area contributed by atoms with Crippen molar-refractivity contribution in [1.82, 2.24) is 0 Å². The van der Waals surface area contributed by atoms with Crippen molar-refractivity contribution in [3.05, 3.63) is 30.3 Å². The molecule has 0 radical (unpaired) electrons. The predicted molar refractivity (Wildman–Crippen MR) is 105 cm³/mol. The van der Waals surface area contributed by atoms with Gasteiger partial charge in [0.2, 0.25) is 0 Å². The fourth-order valence-corrected chi connectivity index (χ4v) is 4.65. The van der Waals surface area contributed by atoms with Gasteiger partial charge in [0.1, 0.15) is 0 Å². The zero-order valence-corrected chi connectivity index (χ0v) is 17.9. The number of carbonyl (C=O) groups excluding carboxylic acids is 1. The predicted octanol–water partition coefficient (Wildman–Crippen LogP) is 5.37. The number of carbonyl (C=O) groups is 1. The minimum absolute atomic E-state index is 0.118. The van der Waals surface area contributed by atoms with Crippen LogP contribution in [-0.4, -0.2) is 32.8 Å². The third-order valence-corrected chi connectivity index (χ3v) is 10.3. The molecule has 0 aliphatic carbocycles. The highest BCUT2D eigenvalue weighted by Crippen LogP contribution is 2.38. The van der Waals surface area contributed by atoms with Gasteiger partial charge in [0, 0.05) is 10.6 Å². The van der Waals surface area contributed by atoms with Gasteiger partial charge in [-0.2, -0.15) is 0 Å². The molecule has 1 aromatic rings. The number of rotatable bonds is 8. The van der Waals surface area contributed by atoms with Crippen molar-refractivity contribution in [1.29, 1.82) is 0 Å². The first-order chi connectivity index (χ1) is 11.1. The first-order valence-corrected chi connectivity index (χ1v) is 12.5. The quantitative estimate of drug-likeness (QED) is 0.351. The van der Waals surface area contributed by atoms with Gasteiger partial charge in [-0.25, -0.2) is 0 Å². The maximum atomic E-state index is 12.4. The number of thioether (sulfide) groups is 1. The summed E-state index contributed by atoms with van der Waals surface area (Å²) in [4.78, 5) is 13.6. The lowest BCUT2D eigenvalue weighted by molar-refractivity contribution is -0.150. The number of ether oxygens (including phenoxy) is 1. The Labute approximate surface area is 152 Å². The lowest BCUT2D eigenvalue weighted by Crippen LogP contribution is -2.46. The van der Waals surface area contributed by atoms with Crippen LogP contribution < -0.4 is 0 Å². The van der Waals surface area contributed by atoms with E-state index in [1.165, 1.54) is 0 Å². The van der Waals surface area contributed by atoms with Gasteiger partial charge >= 0.3 is 5.97 Å². The molecule has 3 nitrogen and oxygen atoms in total. The van der Waals surface area contributed by atoms with E-state index in [4.69, 9.17) is 9.16 Å². The van der Waals surface area contributed by atoms with Crippen molar-refractivity contribution in [2.45, 2.75) is 63.8 Å². The molecule has 0 fully saturated rings. The molecule has 136 valence electrons. The number of esters is 1. The van der Waals surface area contributed by atoms with Crippen molar-refractivity contribution in [2.24, 2.45) is 5.92 Å². The maximum Gasteiger partial charge on any atom is 0.312 e. The highest BCUT2D eigenvalue weighted by atomic mass is 32.2. The Morgan fingerprint density at radius 3 is 2.29 bits per heavy atom. The molecule has 0 aliphatic rings. The molecule has 0 heterocycles. The summed E-state index contributed by atoms with van der Waals surface area (Å²) in [5, 5.41) is 0.118. The number of hydrogen-bond acceptors (Lipinski definition) is 4. The van der Waals surface area contributed by atoms with Gasteiger partial charge in [-0.05, 0) is 44.1 Å². The van der Waals surface area contributed by atoms with E-state index in [1.54, 1.807) is 11.8 Å². The maximum absolute atomic E-state index is 12.4. The van der Waals surface area contributed by atoms with Gasteiger partial charge in [0.15, 0.2) is 8.32 Å². The van der Waals surface area contributed by atoms with Gasteiger partial charge in [-0.3, -0.25) is 4.79 Å². The highest BCUT2D eigenvalue weighted by molar-refractivity contribution is 7.99. The zero-order chi connectivity index (χ0) is 18.4. The van der Waals surface area contributed by atoms with E-state index in [9.17, 15) is 4.79 Å². The second-order valence-corrected chi connectivity index (χ2v) is 13.4. The van der Waals surface area contributed by atoms with Gasteiger partial charge < -0.3 is 9.16 Å². The number of benzene rings is 1. The highest BCUT2D eigenvalue weighted by Gasteiger charge is 2.41. The lowest BCUT2D eigenvalue weighted by atomic mass is 10.1. The van der Waals surface area contributed by atoms with Crippen LogP contribution in [0.2, 0.25) is 18.1 Å². The molecule has 0 saturated heterocycles. The number of hydrogen-bond donors (Lipinski definition) is 0. The Morgan fingerprint density at radius 2 is 1.79 bits per heavy atom. The molecule has 0 spiro atoms. The van der Waals surface area contributed by atoms with Crippen LogP contribution in [0.15, 0.2) is 35.2 Å². The van der Waals surface area contributed by atoms with Crippen LogP contribution in [0.1, 0.15) is 34.6 Å². The Hall–Kier alpha value is -0.783. The molecule has 0 N–H and O–H groups in total. The molecule has 0 saturated carbocycles. The Kier molecular flexibility index (Phi) is 8.03. The summed E-state index contributed by atoms with van der Waals surface area (Å²) in [7, 11) is -1.92. The van der Waals surface area contributed by atoms with Crippen LogP contribution in [0.5, 0.6) is 0 Å². The topological polar surface area (TPSA) is 35.5 Å². The van der Waals surface area contributed by atoms with Crippen LogP contribution >= 0.6 is 11.8 Å². The average Bonchev–Trinajstić information content (AvgIpc) is 2.47. The van der Waals surface area contributed by atoms with Crippen LogP contribution in [0.25, 0.3) is 0 Å². The molecule has 1 rings (SSSR count). The van der Waals surface area contributed by atoms with E-state index in [1.807, 2.05) is 32.0 Å². The second-order valence-electron chi connectivity index (χ2n) is 7.57. The first kappa shape index (κ1) is 21.3. The van der Waals surface area contributed by atoms with Crippen LogP contribution in [0.4, 0.5) is 0 Å². The molecular formula is C19H32O3SSi. The van der Waals surface area contributed by atoms with E-state index in [2.05, 4.69) is 46.0 Å². The average molecular weight is 369 g/mol. The molecule has 1 unspecified atom stereocenters. The summed E-state index contributed by atoms with van der Waals surface area (Å²) in [5.41, 5.74) is 0. The minimum atomic E-state index is -1.92. The lowest BCUT2D eigenvalue weighted by Gasteiger charge is -2.40. The first-order valence-electron chi connectivity index (χ1n) is 8.60. The monoisotopic (exact) mass is 368 g/mol. The summed E-state index contributed by atoms with van der Waals surface area (Å²) in [6, 6.07) is 10.1. The van der Waals surface area contributed by atoms with E-state index in [0.717, 1.165) is 4.90 Å². The van der Waals surface area contributed by atoms with Crippen LogP contribution in [0, 0.1) is 5.92 Å². The second kappa shape index (κ2) is 9.06. The third-order valence-electron chi connectivity index (χ3n) is 4.62. The normalized spacial score (nSPS) is 15.0. The molecule has 1 aromatic carbocycles. The third kappa shape index (κ3) is 6.26. The standard InChI is InChI=1S/C19H32O3SSi/c1-8-21-18(20)17(14-23-16-12-10-9-11-13-16)15(2)22-24(6,7)19(3,4)5/h9-13,15,17H,8,14H2,1-7H3/t15?,17-/m1/s1. The molecular weight excluding hydrogens is 336 g/mol. The minimum Gasteiger partial charge on any atom is -0.466 e. The van der Waals surface area contributed by atoms with E-state index >= 15 is 0 Å². The molecule has 0 amide bonds. The van der Waals surface area contributed by atoms with E-state index in [-0.39, 0.29) is 23.0 Å². The van der Waals surface area contributed by atoms with E-state index in [0.29, 0.717) is 12.4 Å². The van der Waals surface area contributed by atoms with Gasteiger partial charge in [-0.15, -0.1) is 11.8 Å². The van der Waals surface area contributed by atoms with Crippen molar-refractivity contribution in [3.63, 3.8) is 0 Å². The molecule has 0 aromatic heterocycles. The van der Waals surface area contributed by atoms with Crippen molar-refractivity contribution in [2.75, 3.05) is 12.4 Å². The summed E-state index contributed by atoms with van der Waals surface area (Å²) >= 11 is 1.68. The summed E-state index contributed by atoms with van der Waals surface area (Å²) in [5.74, 6) is 0.245. The van der Waals surface area contributed by atoms with Gasteiger partial charge in [0.25, 0.3) is 0 Å². The summed E-state index contributed by atoms with van der Waals surface area (Å²) < 4.78 is 11.7. The summed E-state index contributed by atoms with van der Waals surface area (Å²) in [6.45, 7) is 15.3. The van der Waals surface area contributed by atoms with Crippen LogP contribution in [-0.2, 0) is 14.0 Å². The summed E-state index contributed by atoms with van der Waals surface area (Å²) in [6.07, 6.45) is -0.152. The molecule has 2 atom stereocenters. The Balaban J connectivity index is 2.82. The SMILES string of the molecule is CCOC(=O)[C@H](CSc1ccccc1)C(C)O[Si](C)(C)C(C)(C)C. The fourth-order valence-electron chi connectivity index (χ4n) is 2.07. The van der Waals surface area contributed by atoms with Gasteiger partial charge in [-0.1, -0.05) is 39.0 Å². The molecule has 5 heteroatoms. The van der Waals surface area contributed by atoms with Crippen LogP contribution in [0.3, 0.4) is 0 Å².